The Bertz CT molecular complexity index is 573. The molecule has 1 fully saturated rings. The molecule has 2 aliphatic rings. The monoisotopic (exact) mass is 301 g/mol. The number of para-hydroxylation sites is 1. The fourth-order valence-corrected chi connectivity index (χ4v) is 3.53. The van der Waals surface area contributed by atoms with Crippen LogP contribution in [0.3, 0.4) is 0 Å². The minimum Gasteiger partial charge on any atom is -0.370 e. The first-order valence-electron chi connectivity index (χ1n) is 8.08. The van der Waals surface area contributed by atoms with Gasteiger partial charge in [-0.3, -0.25) is 9.69 Å². The van der Waals surface area contributed by atoms with Crippen LogP contribution in [0.25, 0.3) is 0 Å². The molecule has 1 aromatic carbocycles. The number of piperidine rings is 1. The molecule has 1 saturated heterocycles. The second-order valence-electron chi connectivity index (χ2n) is 6.27. The molecule has 2 aliphatic heterocycles. The lowest BCUT2D eigenvalue weighted by molar-refractivity contribution is -0.118. The van der Waals surface area contributed by atoms with Gasteiger partial charge in [-0.1, -0.05) is 18.2 Å². The molecule has 3 amide bonds. The average molecular weight is 301 g/mol. The third-order valence-electron chi connectivity index (χ3n) is 4.71. The Morgan fingerprint density at radius 2 is 2.05 bits per heavy atom. The van der Waals surface area contributed by atoms with Crippen molar-refractivity contribution in [2.24, 2.45) is 11.7 Å². The van der Waals surface area contributed by atoms with E-state index in [1.807, 2.05) is 28.0 Å². The maximum Gasteiger partial charge on any atom is 0.324 e. The van der Waals surface area contributed by atoms with E-state index in [1.165, 1.54) is 5.56 Å². The summed E-state index contributed by atoms with van der Waals surface area (Å²) < 4.78 is 0. The Morgan fingerprint density at radius 1 is 1.23 bits per heavy atom. The minimum atomic E-state index is -0.253. The highest BCUT2D eigenvalue weighted by atomic mass is 16.2. The average Bonchev–Trinajstić information content (AvgIpc) is 2.96. The first-order chi connectivity index (χ1) is 10.6. The van der Waals surface area contributed by atoms with E-state index in [4.69, 9.17) is 5.73 Å². The van der Waals surface area contributed by atoms with Crippen LogP contribution in [0.5, 0.6) is 0 Å². The summed E-state index contributed by atoms with van der Waals surface area (Å²) in [7, 11) is 0. The number of fused-ring (bicyclic) bond motifs is 1. The van der Waals surface area contributed by atoms with Crippen LogP contribution >= 0.6 is 0 Å². The van der Waals surface area contributed by atoms with E-state index < -0.39 is 0 Å². The van der Waals surface area contributed by atoms with Gasteiger partial charge in [-0.05, 0) is 43.2 Å². The molecule has 5 nitrogen and oxygen atoms in total. The standard InChI is InChI=1S/C17H23N3O2/c18-16(21)8-7-13-4-3-10-19(12-13)17(22)20-11-9-14-5-1-2-6-15(14)20/h1-2,5-6,13H,3-4,7-12H2,(H2,18,21)/t13-/m0/s1. The predicted octanol–water partition coefficient (Wildman–Crippen LogP) is 2.15. The topological polar surface area (TPSA) is 66.6 Å². The summed E-state index contributed by atoms with van der Waals surface area (Å²) in [4.78, 5) is 27.6. The van der Waals surface area contributed by atoms with Crippen LogP contribution in [-0.2, 0) is 11.2 Å². The van der Waals surface area contributed by atoms with Gasteiger partial charge in [-0.15, -0.1) is 0 Å². The van der Waals surface area contributed by atoms with Gasteiger partial charge in [0.2, 0.25) is 5.91 Å². The van der Waals surface area contributed by atoms with Crippen LogP contribution in [0.4, 0.5) is 10.5 Å². The molecular weight excluding hydrogens is 278 g/mol. The van der Waals surface area contributed by atoms with Crippen LogP contribution in [0, 0.1) is 5.92 Å². The molecule has 118 valence electrons. The molecule has 3 rings (SSSR count). The Kier molecular flexibility index (Phi) is 4.32. The summed E-state index contributed by atoms with van der Waals surface area (Å²) in [5, 5.41) is 0. The van der Waals surface area contributed by atoms with Crippen molar-refractivity contribution >= 4 is 17.6 Å². The zero-order valence-corrected chi connectivity index (χ0v) is 12.8. The molecule has 0 spiro atoms. The summed E-state index contributed by atoms with van der Waals surface area (Å²) in [6, 6.07) is 8.22. The molecule has 0 aromatic heterocycles. The van der Waals surface area contributed by atoms with Crippen LogP contribution < -0.4 is 10.6 Å². The second-order valence-corrected chi connectivity index (χ2v) is 6.27. The number of hydrogen-bond donors (Lipinski definition) is 1. The Balaban J connectivity index is 1.64. The summed E-state index contributed by atoms with van der Waals surface area (Å²) in [6.45, 7) is 2.32. The van der Waals surface area contributed by atoms with Gasteiger partial charge in [0.05, 0.1) is 0 Å². The Labute approximate surface area is 131 Å². The normalized spacial score (nSPS) is 20.8. The second kappa shape index (κ2) is 6.38. The van der Waals surface area contributed by atoms with Gasteiger partial charge in [-0.2, -0.15) is 0 Å². The van der Waals surface area contributed by atoms with E-state index in [9.17, 15) is 9.59 Å². The summed E-state index contributed by atoms with van der Waals surface area (Å²) in [5.74, 6) is 0.139. The lowest BCUT2D eigenvalue weighted by Gasteiger charge is -2.35. The van der Waals surface area contributed by atoms with Gasteiger partial charge < -0.3 is 10.6 Å². The molecule has 0 saturated carbocycles. The molecule has 1 atom stereocenters. The quantitative estimate of drug-likeness (QED) is 0.929. The van der Waals surface area contributed by atoms with E-state index in [0.717, 1.165) is 51.0 Å². The van der Waals surface area contributed by atoms with Gasteiger partial charge in [-0.25, -0.2) is 4.79 Å². The van der Waals surface area contributed by atoms with Crippen LogP contribution in [0.15, 0.2) is 24.3 Å². The lowest BCUT2D eigenvalue weighted by atomic mass is 9.93. The van der Waals surface area contributed by atoms with Crippen molar-refractivity contribution < 1.29 is 9.59 Å². The van der Waals surface area contributed by atoms with Crippen molar-refractivity contribution in [3.63, 3.8) is 0 Å². The maximum atomic E-state index is 12.8. The SMILES string of the molecule is NC(=O)CC[C@@H]1CCCN(C(=O)N2CCc3ccccc32)C1. The largest absolute Gasteiger partial charge is 0.370 e. The molecule has 0 radical (unpaired) electrons. The van der Waals surface area contributed by atoms with E-state index >= 15 is 0 Å². The number of anilines is 1. The summed E-state index contributed by atoms with van der Waals surface area (Å²) in [5.41, 5.74) is 7.53. The van der Waals surface area contributed by atoms with Crippen molar-refractivity contribution in [1.29, 1.82) is 0 Å². The maximum absolute atomic E-state index is 12.8. The molecule has 5 heteroatoms. The fourth-order valence-electron chi connectivity index (χ4n) is 3.53. The van der Waals surface area contributed by atoms with Crippen molar-refractivity contribution in [2.45, 2.75) is 32.1 Å². The minimum absolute atomic E-state index is 0.105. The van der Waals surface area contributed by atoms with Crippen LogP contribution in [0.2, 0.25) is 0 Å². The summed E-state index contributed by atoms with van der Waals surface area (Å²) >= 11 is 0. The molecule has 0 bridgehead atoms. The van der Waals surface area contributed by atoms with Gasteiger partial charge in [0.25, 0.3) is 0 Å². The third-order valence-corrected chi connectivity index (χ3v) is 4.71. The number of nitrogens with two attached hydrogens (primary N) is 1. The van der Waals surface area contributed by atoms with Crippen molar-refractivity contribution in [1.82, 2.24) is 4.90 Å². The van der Waals surface area contributed by atoms with Crippen LogP contribution in [-0.4, -0.2) is 36.5 Å². The van der Waals surface area contributed by atoms with E-state index in [0.29, 0.717) is 12.3 Å². The fraction of sp³-hybridized carbons (Fsp3) is 0.529. The first-order valence-corrected chi connectivity index (χ1v) is 8.08. The Morgan fingerprint density at radius 3 is 2.86 bits per heavy atom. The number of urea groups is 1. The van der Waals surface area contributed by atoms with E-state index in [-0.39, 0.29) is 11.9 Å². The van der Waals surface area contributed by atoms with E-state index in [1.54, 1.807) is 0 Å². The zero-order chi connectivity index (χ0) is 15.5. The van der Waals surface area contributed by atoms with Crippen LogP contribution in [0.1, 0.15) is 31.2 Å². The zero-order valence-electron chi connectivity index (χ0n) is 12.8. The van der Waals surface area contributed by atoms with Crippen molar-refractivity contribution in [2.75, 3.05) is 24.5 Å². The number of likely N-dealkylation sites (tertiary alicyclic amines) is 1. The number of rotatable bonds is 3. The van der Waals surface area contributed by atoms with Gasteiger partial charge in [0.1, 0.15) is 0 Å². The molecular formula is C17H23N3O2. The van der Waals surface area contributed by atoms with Gasteiger partial charge >= 0.3 is 6.03 Å². The first kappa shape index (κ1) is 14.9. The summed E-state index contributed by atoms with van der Waals surface area (Å²) in [6.07, 6.45) is 4.22. The molecule has 0 aliphatic carbocycles. The third kappa shape index (κ3) is 3.08. The number of hydrogen-bond acceptors (Lipinski definition) is 2. The number of primary amides is 1. The number of amides is 3. The highest BCUT2D eigenvalue weighted by Crippen LogP contribution is 2.30. The molecule has 22 heavy (non-hydrogen) atoms. The molecule has 2 heterocycles. The smallest absolute Gasteiger partial charge is 0.324 e. The lowest BCUT2D eigenvalue weighted by Crippen LogP contribution is -2.47. The number of carbonyl (C=O) groups is 2. The van der Waals surface area contributed by atoms with Gasteiger partial charge in [0.15, 0.2) is 0 Å². The highest BCUT2D eigenvalue weighted by molar-refractivity contribution is 5.94. The number of carbonyl (C=O) groups excluding carboxylic acids is 2. The highest BCUT2D eigenvalue weighted by Gasteiger charge is 2.31. The molecule has 1 aromatic rings. The Hall–Kier alpha value is -2.04. The van der Waals surface area contributed by atoms with Gasteiger partial charge in [0, 0.05) is 31.7 Å². The van der Waals surface area contributed by atoms with E-state index in [2.05, 4.69) is 6.07 Å². The number of benzene rings is 1. The molecule has 2 N–H and O–H groups in total. The van der Waals surface area contributed by atoms with Crippen molar-refractivity contribution in [3.05, 3.63) is 29.8 Å². The molecule has 0 unspecified atom stereocenters. The predicted molar refractivity (Wildman–Crippen MR) is 85.6 cm³/mol. The number of nitrogens with zero attached hydrogens (tertiary/aromatic N) is 2. The van der Waals surface area contributed by atoms with Crippen molar-refractivity contribution in [3.8, 4) is 0 Å².